The van der Waals surface area contributed by atoms with E-state index < -0.39 is 6.04 Å². The average Bonchev–Trinajstić information content (AvgIpc) is 3.60. The number of carbonyl (C=O) groups is 3. The molecule has 0 bridgehead atoms. The van der Waals surface area contributed by atoms with Crippen molar-refractivity contribution in [3.8, 4) is 0 Å². The van der Waals surface area contributed by atoms with Crippen LogP contribution in [-0.4, -0.2) is 62.2 Å². The van der Waals surface area contributed by atoms with E-state index in [4.69, 9.17) is 0 Å². The van der Waals surface area contributed by atoms with E-state index in [1.54, 1.807) is 29.1 Å². The molecule has 0 spiro atoms. The van der Waals surface area contributed by atoms with E-state index in [1.807, 2.05) is 11.0 Å². The van der Waals surface area contributed by atoms with Crippen molar-refractivity contribution in [1.82, 2.24) is 19.9 Å². The molecule has 186 valence electrons. The lowest BCUT2D eigenvalue weighted by Crippen LogP contribution is -2.43. The smallest absolute Gasteiger partial charge is 0.307 e. The van der Waals surface area contributed by atoms with Gasteiger partial charge < -0.3 is 4.74 Å². The van der Waals surface area contributed by atoms with E-state index >= 15 is 0 Å². The lowest BCUT2D eigenvalue weighted by atomic mass is 9.93. The van der Waals surface area contributed by atoms with Crippen LogP contribution in [0.2, 0.25) is 0 Å². The van der Waals surface area contributed by atoms with Gasteiger partial charge in [0.1, 0.15) is 11.5 Å². The fourth-order valence-electron chi connectivity index (χ4n) is 4.38. The molecular weight excluding hydrogens is 471 g/mol. The maximum atomic E-state index is 14.8. The Morgan fingerprint density at radius 1 is 1.26 bits per heavy atom. The molecule has 1 saturated carbocycles. The molecule has 2 fully saturated rings. The first-order valence-electron chi connectivity index (χ1n) is 11.7. The van der Waals surface area contributed by atoms with Gasteiger partial charge in [-0.05, 0) is 37.0 Å². The summed E-state index contributed by atoms with van der Waals surface area (Å²) < 4.78 is 21.0. The number of aryl methyl sites for hydroxylation is 1. The fraction of sp³-hybridized carbons (Fsp3) is 0.480. The van der Waals surface area contributed by atoms with Crippen LogP contribution in [0.3, 0.4) is 0 Å². The third kappa shape index (κ3) is 6.43. The van der Waals surface area contributed by atoms with E-state index in [-0.39, 0.29) is 40.3 Å². The number of hydrogen-bond acceptors (Lipinski definition) is 8. The topological polar surface area (TPSA) is 94.4 Å². The number of thioether (sulfide) groups is 1. The van der Waals surface area contributed by atoms with Crippen LogP contribution in [-0.2, 0) is 25.7 Å². The van der Waals surface area contributed by atoms with Crippen molar-refractivity contribution in [2.75, 3.05) is 20.2 Å². The van der Waals surface area contributed by atoms with Crippen LogP contribution in [0, 0.1) is 11.7 Å². The summed E-state index contributed by atoms with van der Waals surface area (Å²) >= 11 is 1.26. The summed E-state index contributed by atoms with van der Waals surface area (Å²) in [4.78, 5) is 38.6. The Hall–Kier alpha value is -2.85. The number of methoxy groups -OCH3 is 1. The quantitative estimate of drug-likeness (QED) is 0.484. The van der Waals surface area contributed by atoms with E-state index in [0.29, 0.717) is 37.3 Å². The van der Waals surface area contributed by atoms with Crippen LogP contribution in [0.5, 0.6) is 0 Å². The summed E-state index contributed by atoms with van der Waals surface area (Å²) in [5.74, 6) is -0.682. The second kappa shape index (κ2) is 11.3. The Bertz CT molecular complexity index is 1130. The van der Waals surface area contributed by atoms with Gasteiger partial charge in [0.15, 0.2) is 10.9 Å². The molecule has 2 aliphatic rings. The number of piperidine rings is 1. The summed E-state index contributed by atoms with van der Waals surface area (Å²) in [7, 11) is 1.34. The molecule has 2 unspecified atom stereocenters. The standard InChI is InChI=1S/C25H29FN4O4S/c1-16(31)35-22-9-11-29(24(25(33)17-7-8-17)20-5-3-4-6-21(20)26)14-18(22)13-19-15-30(28-27-19)12-10-23(32)34-2/h3-6,13,15,17,22,24H,7-12,14H2,1-2H3. The van der Waals surface area contributed by atoms with E-state index in [2.05, 4.69) is 15.0 Å². The molecule has 1 aliphatic heterocycles. The number of carbonyl (C=O) groups excluding carboxylic acids is 3. The van der Waals surface area contributed by atoms with Gasteiger partial charge in [0, 0.05) is 36.7 Å². The highest BCUT2D eigenvalue weighted by molar-refractivity contribution is 8.14. The molecule has 35 heavy (non-hydrogen) atoms. The fourth-order valence-corrected chi connectivity index (χ4v) is 5.30. The second-order valence-electron chi connectivity index (χ2n) is 8.91. The molecular formula is C25H29FN4O4S. The zero-order valence-electron chi connectivity index (χ0n) is 19.9. The third-order valence-corrected chi connectivity index (χ3v) is 7.42. The zero-order chi connectivity index (χ0) is 24.9. The molecule has 1 aliphatic carbocycles. The van der Waals surface area contributed by atoms with Crippen LogP contribution in [0.1, 0.15) is 49.9 Å². The van der Waals surface area contributed by atoms with Gasteiger partial charge >= 0.3 is 5.97 Å². The van der Waals surface area contributed by atoms with E-state index in [1.165, 1.54) is 31.9 Å². The molecule has 10 heteroatoms. The number of aromatic nitrogens is 3. The van der Waals surface area contributed by atoms with E-state index in [9.17, 15) is 18.8 Å². The number of nitrogens with zero attached hydrogens (tertiary/aromatic N) is 4. The van der Waals surface area contributed by atoms with Crippen molar-refractivity contribution < 1.29 is 23.5 Å². The molecule has 1 saturated heterocycles. The monoisotopic (exact) mass is 500 g/mol. The number of ketones is 1. The minimum absolute atomic E-state index is 0.00999. The number of esters is 1. The Morgan fingerprint density at radius 3 is 2.71 bits per heavy atom. The van der Waals surface area contributed by atoms with Crippen LogP contribution in [0.25, 0.3) is 6.08 Å². The van der Waals surface area contributed by atoms with Gasteiger partial charge in [-0.1, -0.05) is 35.2 Å². The molecule has 1 aromatic heterocycles. The molecule has 8 nitrogen and oxygen atoms in total. The highest BCUT2D eigenvalue weighted by Gasteiger charge is 2.41. The maximum absolute atomic E-state index is 14.8. The summed E-state index contributed by atoms with van der Waals surface area (Å²) in [5.41, 5.74) is 1.92. The summed E-state index contributed by atoms with van der Waals surface area (Å²) in [6.45, 7) is 2.87. The Morgan fingerprint density at radius 2 is 2.03 bits per heavy atom. The Kier molecular flexibility index (Phi) is 8.12. The first-order valence-corrected chi connectivity index (χ1v) is 12.6. The van der Waals surface area contributed by atoms with Crippen LogP contribution >= 0.6 is 11.8 Å². The summed E-state index contributed by atoms with van der Waals surface area (Å²) in [6, 6.07) is 5.80. The van der Waals surface area contributed by atoms with Crippen molar-refractivity contribution in [2.24, 2.45) is 5.92 Å². The Labute approximate surface area is 207 Å². The normalized spacial score (nSPS) is 20.5. The van der Waals surface area contributed by atoms with Crippen LogP contribution in [0.15, 0.2) is 36.0 Å². The van der Waals surface area contributed by atoms with Crippen molar-refractivity contribution >= 4 is 34.7 Å². The average molecular weight is 501 g/mol. The molecule has 0 amide bonds. The lowest BCUT2D eigenvalue weighted by Gasteiger charge is -2.38. The molecule has 1 aromatic carbocycles. The number of likely N-dealkylation sites (tertiary alicyclic amines) is 1. The highest BCUT2D eigenvalue weighted by Crippen LogP contribution is 2.40. The van der Waals surface area contributed by atoms with Gasteiger partial charge in [0.2, 0.25) is 0 Å². The van der Waals surface area contributed by atoms with Crippen molar-refractivity contribution in [1.29, 1.82) is 0 Å². The first kappa shape index (κ1) is 25.2. The van der Waals surface area contributed by atoms with Crippen molar-refractivity contribution in [2.45, 2.75) is 50.4 Å². The number of rotatable bonds is 9. The predicted octanol–water partition coefficient (Wildman–Crippen LogP) is 3.44. The van der Waals surface area contributed by atoms with Crippen molar-refractivity contribution in [3.63, 3.8) is 0 Å². The van der Waals surface area contributed by atoms with Gasteiger partial charge in [-0.15, -0.1) is 5.10 Å². The maximum Gasteiger partial charge on any atom is 0.307 e. The van der Waals surface area contributed by atoms with Gasteiger partial charge in [-0.2, -0.15) is 0 Å². The molecule has 4 rings (SSSR count). The van der Waals surface area contributed by atoms with Gasteiger partial charge in [-0.3, -0.25) is 24.0 Å². The number of benzene rings is 1. The highest BCUT2D eigenvalue weighted by atomic mass is 32.2. The molecule has 0 radical (unpaired) electrons. The molecule has 2 atom stereocenters. The number of hydrogen-bond donors (Lipinski definition) is 0. The minimum atomic E-state index is -0.661. The largest absolute Gasteiger partial charge is 0.469 e. The number of halogens is 1. The molecule has 2 heterocycles. The van der Waals surface area contributed by atoms with Gasteiger partial charge in [0.25, 0.3) is 0 Å². The number of ether oxygens (including phenoxy) is 1. The summed E-state index contributed by atoms with van der Waals surface area (Å²) in [5, 5.41) is 8.20. The van der Waals surface area contributed by atoms with Gasteiger partial charge in [0.05, 0.1) is 32.3 Å². The van der Waals surface area contributed by atoms with Gasteiger partial charge in [-0.25, -0.2) is 4.39 Å². The van der Waals surface area contributed by atoms with Crippen LogP contribution < -0.4 is 0 Å². The first-order chi connectivity index (χ1) is 16.9. The molecule has 0 N–H and O–H groups in total. The third-order valence-electron chi connectivity index (χ3n) is 6.26. The minimum Gasteiger partial charge on any atom is -0.469 e. The zero-order valence-corrected chi connectivity index (χ0v) is 20.7. The summed E-state index contributed by atoms with van der Waals surface area (Å²) in [6.07, 6.45) is 6.13. The molecule has 2 aromatic rings. The lowest BCUT2D eigenvalue weighted by molar-refractivity contribution is -0.140. The van der Waals surface area contributed by atoms with Crippen molar-refractivity contribution in [3.05, 3.63) is 53.1 Å². The number of Topliss-reactive ketones (excluding diaryl/α,β-unsaturated/α-hetero) is 1. The van der Waals surface area contributed by atoms with E-state index in [0.717, 1.165) is 18.4 Å². The Balaban J connectivity index is 1.60. The predicted molar refractivity (Wildman–Crippen MR) is 130 cm³/mol. The second-order valence-corrected chi connectivity index (χ2v) is 10.3. The van der Waals surface area contributed by atoms with Crippen LogP contribution in [0.4, 0.5) is 4.39 Å². The SMILES string of the molecule is COC(=O)CCn1cc(C=C2CN(C(C(=O)C3CC3)c3ccccc3F)CCC2SC(C)=O)nn1.